The van der Waals surface area contributed by atoms with E-state index in [2.05, 4.69) is 4.90 Å². The topological polar surface area (TPSA) is 47.1 Å². The first kappa shape index (κ1) is 15.9. The summed E-state index contributed by atoms with van der Waals surface area (Å²) in [6, 6.07) is 7.90. The highest BCUT2D eigenvalue weighted by Crippen LogP contribution is 2.21. The summed E-state index contributed by atoms with van der Waals surface area (Å²) >= 11 is 6.04. The van der Waals surface area contributed by atoms with Crippen LogP contribution >= 0.6 is 11.6 Å². The maximum atomic E-state index is 12.6. The van der Waals surface area contributed by atoms with E-state index in [1.54, 1.807) is 4.90 Å². The molecule has 23 heavy (non-hydrogen) atoms. The molecule has 0 bridgehead atoms. The molecule has 0 saturated carbocycles. The van der Waals surface area contributed by atoms with Crippen LogP contribution in [0.2, 0.25) is 5.02 Å². The molecule has 0 spiro atoms. The smallest absolute Gasteiger partial charge is 0.320 e. The van der Waals surface area contributed by atoms with Crippen LogP contribution in [0.3, 0.4) is 0 Å². The van der Waals surface area contributed by atoms with Gasteiger partial charge < -0.3 is 19.6 Å². The Morgan fingerprint density at radius 2 is 1.57 bits per heavy atom. The molecule has 1 aromatic rings. The summed E-state index contributed by atoms with van der Waals surface area (Å²) in [6.07, 6.45) is 0.853. The first-order valence-corrected chi connectivity index (χ1v) is 8.29. The monoisotopic (exact) mass is 336 g/mol. The first-order chi connectivity index (χ1) is 11.2. The number of rotatable bonds is 2. The predicted octanol–water partition coefficient (Wildman–Crippen LogP) is 1.36. The molecule has 6 nitrogen and oxygen atoms in total. The van der Waals surface area contributed by atoms with E-state index >= 15 is 0 Å². The van der Waals surface area contributed by atoms with Crippen LogP contribution in [0.15, 0.2) is 24.3 Å². The number of hydrogen-bond acceptors (Lipinski definition) is 3. The third-order valence-corrected chi connectivity index (χ3v) is 4.69. The summed E-state index contributed by atoms with van der Waals surface area (Å²) in [5.41, 5.74) is 1.10. The summed E-state index contributed by atoms with van der Waals surface area (Å²) in [5, 5.41) is 0.731. The third kappa shape index (κ3) is 3.69. The van der Waals surface area contributed by atoms with Crippen molar-refractivity contribution in [3.8, 4) is 0 Å². The number of carbonyl (C=O) groups is 2. The maximum absolute atomic E-state index is 12.6. The van der Waals surface area contributed by atoms with E-state index in [0.717, 1.165) is 30.2 Å². The van der Waals surface area contributed by atoms with Crippen molar-refractivity contribution in [3.05, 3.63) is 29.3 Å². The number of hydrogen-bond donors (Lipinski definition) is 0. The highest BCUT2D eigenvalue weighted by Gasteiger charge is 2.27. The second kappa shape index (κ2) is 7.08. The molecule has 0 unspecified atom stereocenters. The van der Waals surface area contributed by atoms with E-state index in [1.807, 2.05) is 34.1 Å². The van der Waals surface area contributed by atoms with E-state index in [9.17, 15) is 9.59 Å². The fourth-order valence-electron chi connectivity index (χ4n) is 3.05. The highest BCUT2D eigenvalue weighted by molar-refractivity contribution is 6.30. The van der Waals surface area contributed by atoms with Gasteiger partial charge in [0, 0.05) is 63.1 Å². The molecule has 2 saturated heterocycles. The molecule has 1 aromatic carbocycles. The van der Waals surface area contributed by atoms with Gasteiger partial charge in [-0.2, -0.15) is 0 Å². The molecular formula is C16H21ClN4O2. The summed E-state index contributed by atoms with van der Waals surface area (Å²) in [6.45, 7) is 5.51. The number of halogens is 1. The standard InChI is InChI=1S/C16H21ClN4O2/c17-14-2-1-3-15(12-14)19-8-10-21(11-9-19)16(23)20-6-4-18(13-22)5-7-20/h1-3,12-13H,4-11H2. The van der Waals surface area contributed by atoms with E-state index in [-0.39, 0.29) is 6.03 Å². The van der Waals surface area contributed by atoms with E-state index in [0.29, 0.717) is 39.3 Å². The number of amides is 3. The Bertz CT molecular complexity index is 567. The van der Waals surface area contributed by atoms with Gasteiger partial charge in [0.15, 0.2) is 0 Å². The second-order valence-electron chi connectivity index (χ2n) is 5.86. The fourth-order valence-corrected chi connectivity index (χ4v) is 3.23. The maximum Gasteiger partial charge on any atom is 0.320 e. The first-order valence-electron chi connectivity index (χ1n) is 7.91. The molecule has 2 heterocycles. The number of anilines is 1. The van der Waals surface area contributed by atoms with Crippen LogP contribution < -0.4 is 4.90 Å². The number of nitrogens with zero attached hydrogens (tertiary/aromatic N) is 4. The van der Waals surface area contributed by atoms with Crippen LogP contribution in [0.4, 0.5) is 10.5 Å². The van der Waals surface area contributed by atoms with Gasteiger partial charge in [0.2, 0.25) is 6.41 Å². The number of piperazine rings is 2. The average molecular weight is 337 g/mol. The Balaban J connectivity index is 1.52. The largest absolute Gasteiger partial charge is 0.368 e. The number of carbonyl (C=O) groups excluding carboxylic acids is 2. The number of urea groups is 1. The van der Waals surface area contributed by atoms with Gasteiger partial charge in [0.05, 0.1) is 0 Å². The molecule has 3 amide bonds. The van der Waals surface area contributed by atoms with Crippen molar-refractivity contribution in [2.24, 2.45) is 0 Å². The van der Waals surface area contributed by atoms with Crippen LogP contribution in [0.1, 0.15) is 0 Å². The predicted molar refractivity (Wildman–Crippen MR) is 89.8 cm³/mol. The molecule has 124 valence electrons. The summed E-state index contributed by atoms with van der Waals surface area (Å²) < 4.78 is 0. The minimum atomic E-state index is 0.0845. The third-order valence-electron chi connectivity index (χ3n) is 4.46. The molecule has 0 aliphatic carbocycles. The lowest BCUT2D eigenvalue weighted by atomic mass is 10.2. The molecular weight excluding hydrogens is 316 g/mol. The van der Waals surface area contributed by atoms with Crippen molar-refractivity contribution in [2.45, 2.75) is 0 Å². The molecule has 3 rings (SSSR count). The van der Waals surface area contributed by atoms with E-state index in [4.69, 9.17) is 11.6 Å². The molecule has 0 N–H and O–H groups in total. The quantitative estimate of drug-likeness (QED) is 0.766. The van der Waals surface area contributed by atoms with Gasteiger partial charge in [0.1, 0.15) is 0 Å². The van der Waals surface area contributed by atoms with Gasteiger partial charge in [-0.3, -0.25) is 4.79 Å². The fraction of sp³-hybridized carbons (Fsp3) is 0.500. The zero-order chi connectivity index (χ0) is 16.2. The lowest BCUT2D eigenvalue weighted by molar-refractivity contribution is -0.119. The van der Waals surface area contributed by atoms with Gasteiger partial charge >= 0.3 is 6.03 Å². The van der Waals surface area contributed by atoms with E-state index < -0.39 is 0 Å². The van der Waals surface area contributed by atoms with Crippen molar-refractivity contribution in [1.29, 1.82) is 0 Å². The molecule has 2 fully saturated rings. The van der Waals surface area contributed by atoms with Crippen LogP contribution in [-0.2, 0) is 4.79 Å². The summed E-state index contributed by atoms with van der Waals surface area (Å²) in [5.74, 6) is 0. The van der Waals surface area contributed by atoms with Gasteiger partial charge in [-0.1, -0.05) is 17.7 Å². The zero-order valence-electron chi connectivity index (χ0n) is 13.0. The van der Waals surface area contributed by atoms with Crippen molar-refractivity contribution in [2.75, 3.05) is 57.3 Å². The van der Waals surface area contributed by atoms with Crippen molar-refractivity contribution in [3.63, 3.8) is 0 Å². The molecule has 0 atom stereocenters. The van der Waals surface area contributed by atoms with Crippen molar-refractivity contribution in [1.82, 2.24) is 14.7 Å². The Kier molecular flexibility index (Phi) is 4.91. The van der Waals surface area contributed by atoms with Crippen LogP contribution in [0, 0.1) is 0 Å². The van der Waals surface area contributed by atoms with Gasteiger partial charge in [-0.15, -0.1) is 0 Å². The van der Waals surface area contributed by atoms with Crippen LogP contribution in [-0.4, -0.2) is 79.5 Å². The van der Waals surface area contributed by atoms with Gasteiger partial charge in [-0.05, 0) is 18.2 Å². The van der Waals surface area contributed by atoms with E-state index in [1.165, 1.54) is 0 Å². The molecule has 0 radical (unpaired) electrons. The average Bonchev–Trinajstić information content (AvgIpc) is 2.61. The molecule has 7 heteroatoms. The Hall–Kier alpha value is -1.95. The second-order valence-corrected chi connectivity index (χ2v) is 6.30. The van der Waals surface area contributed by atoms with Crippen LogP contribution in [0.5, 0.6) is 0 Å². The van der Waals surface area contributed by atoms with Gasteiger partial charge in [-0.25, -0.2) is 4.79 Å². The Labute approximate surface area is 141 Å². The van der Waals surface area contributed by atoms with Gasteiger partial charge in [0.25, 0.3) is 0 Å². The molecule has 0 aromatic heterocycles. The lowest BCUT2D eigenvalue weighted by Crippen LogP contribution is -2.56. The van der Waals surface area contributed by atoms with Crippen molar-refractivity contribution < 1.29 is 9.59 Å². The number of benzene rings is 1. The minimum absolute atomic E-state index is 0.0845. The minimum Gasteiger partial charge on any atom is -0.368 e. The summed E-state index contributed by atoms with van der Waals surface area (Å²) in [7, 11) is 0. The zero-order valence-corrected chi connectivity index (χ0v) is 13.8. The highest BCUT2D eigenvalue weighted by atomic mass is 35.5. The van der Waals surface area contributed by atoms with Crippen molar-refractivity contribution >= 4 is 29.7 Å². The Morgan fingerprint density at radius 3 is 2.13 bits per heavy atom. The SMILES string of the molecule is O=CN1CCN(C(=O)N2CCN(c3cccc(Cl)c3)CC2)CC1. The van der Waals surface area contributed by atoms with Crippen LogP contribution in [0.25, 0.3) is 0 Å². The molecule has 2 aliphatic rings. The normalized spacial score (nSPS) is 19.0. The summed E-state index contributed by atoms with van der Waals surface area (Å²) in [4.78, 5) is 31.0. The molecule has 2 aliphatic heterocycles. The Morgan fingerprint density at radius 1 is 0.957 bits per heavy atom. The lowest BCUT2D eigenvalue weighted by Gasteiger charge is -2.40.